The van der Waals surface area contributed by atoms with Gasteiger partial charge in [-0.05, 0) is 23.3 Å². The van der Waals surface area contributed by atoms with Crippen LogP contribution in [0.5, 0.6) is 5.75 Å². The van der Waals surface area contributed by atoms with E-state index >= 15 is 0 Å². The molecular weight excluding hydrogens is 396 g/mol. The number of aromatic nitrogens is 2. The van der Waals surface area contributed by atoms with Crippen molar-refractivity contribution in [1.82, 2.24) is 10.2 Å². The molecule has 5 rings (SSSR count). The van der Waals surface area contributed by atoms with Crippen LogP contribution < -0.4 is 4.74 Å². The molecule has 156 valence electrons. The Morgan fingerprint density at radius 1 is 0.625 bits per heavy atom. The van der Waals surface area contributed by atoms with Crippen LogP contribution in [0, 0.1) is 0 Å². The van der Waals surface area contributed by atoms with Crippen molar-refractivity contribution in [2.24, 2.45) is 0 Å². The maximum absolute atomic E-state index is 12.3. The average Bonchev–Trinajstić information content (AvgIpc) is 2.88. The summed E-state index contributed by atoms with van der Waals surface area (Å²) in [5.41, 5.74) is 2.18. The summed E-state index contributed by atoms with van der Waals surface area (Å²) in [5, 5.41) is 23.3. The van der Waals surface area contributed by atoms with Gasteiger partial charge in [0.15, 0.2) is 5.60 Å². The Morgan fingerprint density at radius 2 is 1.19 bits per heavy atom. The van der Waals surface area contributed by atoms with E-state index in [2.05, 4.69) is 10.2 Å². The minimum Gasteiger partial charge on any atom is -0.497 e. The summed E-state index contributed by atoms with van der Waals surface area (Å²) in [6.07, 6.45) is 0. The van der Waals surface area contributed by atoms with Crippen molar-refractivity contribution in [3.63, 3.8) is 0 Å². The van der Waals surface area contributed by atoms with E-state index in [0.29, 0.717) is 11.3 Å². The first-order chi connectivity index (χ1) is 15.7. The molecule has 1 N–H and O–H groups in total. The van der Waals surface area contributed by atoms with Crippen molar-refractivity contribution in [3.8, 4) is 17.0 Å². The third-order valence-corrected chi connectivity index (χ3v) is 5.78. The molecule has 0 aliphatic rings. The molecule has 4 heteroatoms. The van der Waals surface area contributed by atoms with Gasteiger partial charge in [-0.15, -0.1) is 5.10 Å². The molecular formula is C28H22N2O2. The van der Waals surface area contributed by atoms with Gasteiger partial charge in [0.2, 0.25) is 0 Å². The number of nitrogens with zero attached hydrogens (tertiary/aromatic N) is 2. The van der Waals surface area contributed by atoms with Gasteiger partial charge in [-0.25, -0.2) is 0 Å². The van der Waals surface area contributed by atoms with E-state index in [1.54, 1.807) is 7.11 Å². The third-order valence-electron chi connectivity index (χ3n) is 5.78. The Balaban J connectivity index is 1.80. The van der Waals surface area contributed by atoms with E-state index in [4.69, 9.17) is 4.74 Å². The molecule has 0 bridgehead atoms. The zero-order valence-corrected chi connectivity index (χ0v) is 17.6. The number of rotatable bonds is 5. The van der Waals surface area contributed by atoms with Crippen LogP contribution in [0.25, 0.3) is 22.0 Å². The van der Waals surface area contributed by atoms with Gasteiger partial charge < -0.3 is 9.84 Å². The number of aliphatic hydroxyl groups is 1. The first-order valence-corrected chi connectivity index (χ1v) is 10.5. The van der Waals surface area contributed by atoms with Crippen molar-refractivity contribution < 1.29 is 9.84 Å². The molecule has 0 saturated heterocycles. The van der Waals surface area contributed by atoms with Gasteiger partial charge in [0, 0.05) is 16.3 Å². The van der Waals surface area contributed by atoms with E-state index in [0.717, 1.165) is 33.3 Å². The van der Waals surface area contributed by atoms with Crippen LogP contribution in [0.2, 0.25) is 0 Å². The molecule has 0 aliphatic heterocycles. The standard InChI is InChI=1S/C28H22N2O2/c1-32-23-18-16-22(17-19-23)28(31,21-12-6-3-7-13-21)27-25-15-9-8-14-24(25)26(29-30-27)20-10-4-2-5-11-20/h2-19,31H,1H3. The summed E-state index contributed by atoms with van der Waals surface area (Å²) in [6, 6.07) is 34.9. The number of hydrogen-bond acceptors (Lipinski definition) is 4. The average molecular weight is 418 g/mol. The molecule has 1 aromatic heterocycles. The highest BCUT2D eigenvalue weighted by Crippen LogP contribution is 2.40. The third kappa shape index (κ3) is 3.31. The molecule has 5 aromatic rings. The molecule has 1 atom stereocenters. The summed E-state index contributed by atoms with van der Waals surface area (Å²) in [6.45, 7) is 0. The first kappa shape index (κ1) is 19.9. The fourth-order valence-electron chi connectivity index (χ4n) is 4.13. The van der Waals surface area contributed by atoms with Gasteiger partial charge in [0.1, 0.15) is 17.1 Å². The lowest BCUT2D eigenvalue weighted by molar-refractivity contribution is 0.121. The van der Waals surface area contributed by atoms with Crippen LogP contribution in [0.4, 0.5) is 0 Å². The SMILES string of the molecule is COc1ccc(C(O)(c2ccccc2)c2nnc(-c3ccccc3)c3ccccc23)cc1. The molecule has 0 aliphatic carbocycles. The summed E-state index contributed by atoms with van der Waals surface area (Å²) >= 11 is 0. The van der Waals surface area contributed by atoms with Gasteiger partial charge in [-0.2, -0.15) is 5.10 Å². The van der Waals surface area contributed by atoms with Crippen LogP contribution in [-0.4, -0.2) is 22.4 Å². The Kier molecular flexibility index (Phi) is 5.13. The second-order valence-corrected chi connectivity index (χ2v) is 7.61. The molecule has 0 saturated carbocycles. The van der Waals surface area contributed by atoms with Gasteiger partial charge in [-0.3, -0.25) is 0 Å². The molecule has 0 amide bonds. The normalized spacial score (nSPS) is 12.9. The molecule has 0 radical (unpaired) electrons. The Hall–Kier alpha value is -4.02. The lowest BCUT2D eigenvalue weighted by Gasteiger charge is -2.30. The number of benzene rings is 4. The number of methoxy groups -OCH3 is 1. The lowest BCUT2D eigenvalue weighted by Crippen LogP contribution is -2.31. The summed E-state index contributed by atoms with van der Waals surface area (Å²) in [7, 11) is 1.62. The monoisotopic (exact) mass is 418 g/mol. The van der Waals surface area contributed by atoms with Gasteiger partial charge in [0.25, 0.3) is 0 Å². The predicted molar refractivity (Wildman–Crippen MR) is 127 cm³/mol. The molecule has 32 heavy (non-hydrogen) atoms. The van der Waals surface area contributed by atoms with E-state index < -0.39 is 5.60 Å². The Labute approximate surface area is 186 Å². The summed E-state index contributed by atoms with van der Waals surface area (Å²) in [4.78, 5) is 0. The highest BCUT2D eigenvalue weighted by molar-refractivity contribution is 5.96. The quantitative estimate of drug-likeness (QED) is 0.404. The second kappa shape index (κ2) is 8.25. The number of hydrogen-bond donors (Lipinski definition) is 1. The molecule has 1 heterocycles. The van der Waals surface area contributed by atoms with Crippen molar-refractivity contribution in [1.29, 1.82) is 0 Å². The zero-order valence-electron chi connectivity index (χ0n) is 17.6. The van der Waals surface area contributed by atoms with Crippen LogP contribution in [0.15, 0.2) is 109 Å². The van der Waals surface area contributed by atoms with Crippen molar-refractivity contribution in [3.05, 3.63) is 126 Å². The van der Waals surface area contributed by atoms with E-state index in [9.17, 15) is 5.11 Å². The minimum atomic E-state index is -1.49. The van der Waals surface area contributed by atoms with Crippen molar-refractivity contribution in [2.45, 2.75) is 5.60 Å². The number of fused-ring (bicyclic) bond motifs is 1. The predicted octanol–water partition coefficient (Wildman–Crippen LogP) is 5.59. The van der Waals surface area contributed by atoms with Crippen molar-refractivity contribution >= 4 is 10.8 Å². The Bertz CT molecular complexity index is 1350. The van der Waals surface area contributed by atoms with Crippen LogP contribution in [0.3, 0.4) is 0 Å². The molecule has 0 fully saturated rings. The van der Waals surface area contributed by atoms with E-state index in [-0.39, 0.29) is 0 Å². The molecule has 1 unspecified atom stereocenters. The molecule has 4 aromatic carbocycles. The van der Waals surface area contributed by atoms with Gasteiger partial charge >= 0.3 is 0 Å². The summed E-state index contributed by atoms with van der Waals surface area (Å²) < 4.78 is 5.32. The van der Waals surface area contributed by atoms with Crippen LogP contribution in [-0.2, 0) is 5.60 Å². The largest absolute Gasteiger partial charge is 0.497 e. The topological polar surface area (TPSA) is 55.2 Å². The fourth-order valence-corrected chi connectivity index (χ4v) is 4.13. The fraction of sp³-hybridized carbons (Fsp3) is 0.0714. The number of ether oxygens (including phenoxy) is 1. The maximum Gasteiger partial charge on any atom is 0.159 e. The highest BCUT2D eigenvalue weighted by atomic mass is 16.5. The smallest absolute Gasteiger partial charge is 0.159 e. The maximum atomic E-state index is 12.3. The van der Waals surface area contributed by atoms with Crippen molar-refractivity contribution in [2.75, 3.05) is 7.11 Å². The second-order valence-electron chi connectivity index (χ2n) is 7.61. The first-order valence-electron chi connectivity index (χ1n) is 10.5. The lowest BCUT2D eigenvalue weighted by atomic mass is 9.81. The zero-order chi connectivity index (χ0) is 22.0. The molecule has 0 spiro atoms. The summed E-state index contributed by atoms with van der Waals surface area (Å²) in [5.74, 6) is 0.722. The van der Waals surface area contributed by atoms with E-state index in [1.165, 1.54) is 0 Å². The van der Waals surface area contributed by atoms with Crippen LogP contribution in [0.1, 0.15) is 16.8 Å². The van der Waals surface area contributed by atoms with Gasteiger partial charge in [-0.1, -0.05) is 97.1 Å². The van der Waals surface area contributed by atoms with E-state index in [1.807, 2.05) is 109 Å². The minimum absolute atomic E-state index is 0.490. The Morgan fingerprint density at radius 3 is 1.84 bits per heavy atom. The van der Waals surface area contributed by atoms with Crippen LogP contribution >= 0.6 is 0 Å². The molecule has 4 nitrogen and oxygen atoms in total. The van der Waals surface area contributed by atoms with Gasteiger partial charge in [0.05, 0.1) is 7.11 Å². The highest BCUT2D eigenvalue weighted by Gasteiger charge is 2.37.